The number of hydrogen-bond acceptors (Lipinski definition) is 7. The van der Waals surface area contributed by atoms with Crippen molar-refractivity contribution in [3.8, 4) is 11.3 Å². The zero-order chi connectivity index (χ0) is 23.4. The SMILES string of the molecule is CC1(C)COC(CNc2nc(-c3cc(NC(=O)C4CCCNC4)ncc3Cl)ccc2F)CO1. The number of anilines is 2. The van der Waals surface area contributed by atoms with E-state index in [2.05, 4.69) is 25.9 Å². The minimum Gasteiger partial charge on any atom is -0.371 e. The third kappa shape index (κ3) is 6.17. The summed E-state index contributed by atoms with van der Waals surface area (Å²) >= 11 is 6.36. The molecule has 4 heterocycles. The van der Waals surface area contributed by atoms with Gasteiger partial charge in [0, 0.05) is 24.8 Å². The Bertz CT molecular complexity index is 990. The third-order valence-corrected chi connectivity index (χ3v) is 6.02. The van der Waals surface area contributed by atoms with Crippen LogP contribution < -0.4 is 16.0 Å². The molecule has 0 aromatic carbocycles. The van der Waals surface area contributed by atoms with E-state index in [0.717, 1.165) is 19.4 Å². The van der Waals surface area contributed by atoms with Gasteiger partial charge in [-0.2, -0.15) is 0 Å². The first-order valence-electron chi connectivity index (χ1n) is 11.1. The molecule has 2 aliphatic rings. The average Bonchev–Trinajstić information content (AvgIpc) is 2.81. The number of rotatable bonds is 6. The first-order chi connectivity index (χ1) is 15.8. The fourth-order valence-electron chi connectivity index (χ4n) is 3.78. The van der Waals surface area contributed by atoms with Crippen LogP contribution >= 0.6 is 11.6 Å². The number of nitrogens with one attached hydrogen (secondary N) is 3. The Kier molecular flexibility index (Phi) is 7.43. The lowest BCUT2D eigenvalue weighted by atomic mass is 9.99. The molecule has 1 amide bonds. The normalized spacial score (nSPS) is 22.5. The van der Waals surface area contributed by atoms with Crippen molar-refractivity contribution in [2.45, 2.75) is 38.4 Å². The molecule has 2 unspecified atom stereocenters. The Balaban J connectivity index is 1.45. The van der Waals surface area contributed by atoms with Crippen molar-refractivity contribution >= 4 is 29.1 Å². The van der Waals surface area contributed by atoms with E-state index in [1.807, 2.05) is 13.8 Å². The molecule has 8 nitrogen and oxygen atoms in total. The molecule has 2 aromatic rings. The van der Waals surface area contributed by atoms with Gasteiger partial charge in [-0.05, 0) is 51.4 Å². The summed E-state index contributed by atoms with van der Waals surface area (Å²) in [5.41, 5.74) is 0.687. The summed E-state index contributed by atoms with van der Waals surface area (Å²) in [6.45, 7) is 6.73. The van der Waals surface area contributed by atoms with E-state index in [0.29, 0.717) is 48.4 Å². The van der Waals surface area contributed by atoms with Gasteiger partial charge in [-0.3, -0.25) is 4.79 Å². The van der Waals surface area contributed by atoms with Crippen LogP contribution in [0.2, 0.25) is 5.02 Å². The molecule has 2 fully saturated rings. The standard InChI is InChI=1S/C23H29ClFN5O3/c1-23(2)13-32-15(12-33-23)10-28-21-18(25)5-6-19(29-21)16-8-20(27-11-17(16)24)30-22(31)14-4-3-7-26-9-14/h5-6,8,11,14-15,26H,3-4,7,9-10,12-13H2,1-2H3,(H,28,29)(H,27,30,31). The molecule has 0 radical (unpaired) electrons. The Morgan fingerprint density at radius 2 is 2.24 bits per heavy atom. The highest BCUT2D eigenvalue weighted by molar-refractivity contribution is 6.33. The topological polar surface area (TPSA) is 97.4 Å². The second-order valence-corrected chi connectivity index (χ2v) is 9.40. The van der Waals surface area contributed by atoms with Crippen LogP contribution in [-0.4, -0.2) is 60.4 Å². The number of pyridine rings is 2. The minimum atomic E-state index is -0.487. The summed E-state index contributed by atoms with van der Waals surface area (Å²) < 4.78 is 25.9. The lowest BCUT2D eigenvalue weighted by molar-refractivity contribution is -0.170. The van der Waals surface area contributed by atoms with E-state index in [9.17, 15) is 9.18 Å². The van der Waals surface area contributed by atoms with Gasteiger partial charge in [0.05, 0.1) is 41.6 Å². The molecule has 2 aliphatic heterocycles. The van der Waals surface area contributed by atoms with Crippen molar-refractivity contribution in [2.24, 2.45) is 5.92 Å². The van der Waals surface area contributed by atoms with Gasteiger partial charge in [-0.25, -0.2) is 14.4 Å². The lowest BCUT2D eigenvalue weighted by Gasteiger charge is -2.35. The molecule has 33 heavy (non-hydrogen) atoms. The van der Waals surface area contributed by atoms with Gasteiger partial charge in [0.15, 0.2) is 11.6 Å². The Hall–Kier alpha value is -2.33. The van der Waals surface area contributed by atoms with E-state index in [1.54, 1.807) is 12.1 Å². The highest BCUT2D eigenvalue weighted by atomic mass is 35.5. The maximum Gasteiger partial charge on any atom is 0.229 e. The van der Waals surface area contributed by atoms with Crippen molar-refractivity contribution in [3.63, 3.8) is 0 Å². The summed E-state index contributed by atoms with van der Waals surface area (Å²) in [5, 5.41) is 9.43. The van der Waals surface area contributed by atoms with Crippen molar-refractivity contribution in [1.82, 2.24) is 15.3 Å². The van der Waals surface area contributed by atoms with E-state index >= 15 is 0 Å². The van der Waals surface area contributed by atoms with E-state index in [-0.39, 0.29) is 29.3 Å². The maximum atomic E-state index is 14.4. The van der Waals surface area contributed by atoms with Crippen molar-refractivity contribution in [3.05, 3.63) is 35.2 Å². The van der Waals surface area contributed by atoms with Gasteiger partial charge in [-0.15, -0.1) is 0 Å². The molecule has 10 heteroatoms. The number of aromatic nitrogens is 2. The number of carbonyl (C=O) groups is 1. The summed E-state index contributed by atoms with van der Waals surface area (Å²) in [6, 6.07) is 4.52. The molecule has 3 N–H and O–H groups in total. The number of hydrogen-bond donors (Lipinski definition) is 3. The van der Waals surface area contributed by atoms with Crippen LogP contribution in [0.25, 0.3) is 11.3 Å². The maximum absolute atomic E-state index is 14.4. The van der Waals surface area contributed by atoms with Crippen LogP contribution in [-0.2, 0) is 14.3 Å². The molecule has 0 spiro atoms. The van der Waals surface area contributed by atoms with Crippen molar-refractivity contribution < 1.29 is 18.7 Å². The Morgan fingerprint density at radius 3 is 2.97 bits per heavy atom. The van der Waals surface area contributed by atoms with Gasteiger partial charge in [0.1, 0.15) is 5.82 Å². The summed E-state index contributed by atoms with van der Waals surface area (Å²) in [5.74, 6) is -0.209. The van der Waals surface area contributed by atoms with E-state index in [1.165, 1.54) is 12.3 Å². The number of amides is 1. The summed E-state index contributed by atoms with van der Waals surface area (Å²) in [4.78, 5) is 21.2. The molecule has 4 rings (SSSR count). The van der Waals surface area contributed by atoms with Gasteiger partial charge in [-0.1, -0.05) is 11.6 Å². The first kappa shape index (κ1) is 23.8. The smallest absolute Gasteiger partial charge is 0.229 e. The lowest BCUT2D eigenvalue weighted by Crippen LogP contribution is -2.44. The average molecular weight is 478 g/mol. The van der Waals surface area contributed by atoms with Crippen LogP contribution in [0, 0.1) is 11.7 Å². The van der Waals surface area contributed by atoms with E-state index < -0.39 is 5.82 Å². The zero-order valence-corrected chi connectivity index (χ0v) is 19.5. The van der Waals surface area contributed by atoms with Gasteiger partial charge in [0.25, 0.3) is 0 Å². The Morgan fingerprint density at radius 1 is 1.39 bits per heavy atom. The minimum absolute atomic E-state index is 0.0877. The predicted octanol–water partition coefficient (Wildman–Crippen LogP) is 3.48. The monoisotopic (exact) mass is 477 g/mol. The molecular weight excluding hydrogens is 449 g/mol. The highest BCUT2D eigenvalue weighted by Crippen LogP contribution is 2.30. The second-order valence-electron chi connectivity index (χ2n) is 8.99. The van der Waals surface area contributed by atoms with Gasteiger partial charge >= 0.3 is 0 Å². The molecule has 0 aliphatic carbocycles. The van der Waals surface area contributed by atoms with Crippen LogP contribution in [0.3, 0.4) is 0 Å². The molecule has 2 atom stereocenters. The summed E-state index contributed by atoms with van der Waals surface area (Å²) in [7, 11) is 0. The molecular formula is C23H29ClFN5O3. The largest absolute Gasteiger partial charge is 0.371 e. The first-order valence-corrected chi connectivity index (χ1v) is 11.5. The van der Waals surface area contributed by atoms with E-state index in [4.69, 9.17) is 21.1 Å². The number of carbonyl (C=O) groups excluding carboxylic acids is 1. The molecule has 0 bridgehead atoms. The van der Waals surface area contributed by atoms with Gasteiger partial charge < -0.3 is 25.4 Å². The third-order valence-electron chi connectivity index (χ3n) is 5.72. The zero-order valence-electron chi connectivity index (χ0n) is 18.8. The number of nitrogens with zero attached hydrogens (tertiary/aromatic N) is 2. The predicted molar refractivity (Wildman–Crippen MR) is 125 cm³/mol. The fraction of sp³-hybridized carbons (Fsp3) is 0.522. The highest BCUT2D eigenvalue weighted by Gasteiger charge is 2.28. The van der Waals surface area contributed by atoms with Crippen LogP contribution in [0.1, 0.15) is 26.7 Å². The van der Waals surface area contributed by atoms with Gasteiger partial charge in [0.2, 0.25) is 5.91 Å². The number of piperidine rings is 1. The quantitative estimate of drug-likeness (QED) is 0.586. The molecule has 2 saturated heterocycles. The fourth-order valence-corrected chi connectivity index (χ4v) is 3.98. The summed E-state index contributed by atoms with van der Waals surface area (Å²) in [6.07, 6.45) is 3.05. The number of ether oxygens (including phenoxy) is 2. The second kappa shape index (κ2) is 10.3. The van der Waals surface area contributed by atoms with Crippen LogP contribution in [0.4, 0.5) is 16.0 Å². The molecule has 0 saturated carbocycles. The van der Waals surface area contributed by atoms with Crippen molar-refractivity contribution in [2.75, 3.05) is 43.5 Å². The molecule has 2 aromatic heterocycles. The molecule has 178 valence electrons. The van der Waals surface area contributed by atoms with Crippen molar-refractivity contribution in [1.29, 1.82) is 0 Å². The Labute approximate surface area is 197 Å². The van der Waals surface area contributed by atoms with Crippen LogP contribution in [0.15, 0.2) is 24.4 Å². The van der Waals surface area contributed by atoms with Crippen LogP contribution in [0.5, 0.6) is 0 Å². The number of halogens is 2.